The summed E-state index contributed by atoms with van der Waals surface area (Å²) in [6, 6.07) is 4.43. The zero-order valence-corrected chi connectivity index (χ0v) is 10.8. The summed E-state index contributed by atoms with van der Waals surface area (Å²) in [5.74, 6) is -0.401. The molecule has 0 bridgehead atoms. The molecule has 0 N–H and O–H groups in total. The van der Waals surface area contributed by atoms with Crippen molar-refractivity contribution in [2.24, 2.45) is 5.41 Å². The molecule has 0 saturated carbocycles. The summed E-state index contributed by atoms with van der Waals surface area (Å²) in [5, 5.41) is 0. The van der Waals surface area contributed by atoms with E-state index in [0.29, 0.717) is 12.2 Å². The molecule has 0 spiro atoms. The Morgan fingerprint density at radius 1 is 1.35 bits per heavy atom. The first kappa shape index (κ1) is 13.7. The molecule has 0 amide bonds. The van der Waals surface area contributed by atoms with E-state index in [4.69, 9.17) is 4.74 Å². The predicted octanol–water partition coefficient (Wildman–Crippen LogP) is 3.84. The second-order valence-electron chi connectivity index (χ2n) is 5.30. The molecule has 0 saturated heterocycles. The first-order chi connectivity index (χ1) is 7.85. The number of ether oxygens (including phenoxy) is 1. The Kier molecular flexibility index (Phi) is 4.27. The van der Waals surface area contributed by atoms with Crippen molar-refractivity contribution in [3.8, 4) is 5.75 Å². The number of methoxy groups -OCH3 is 1. The normalized spacial score (nSPS) is 11.4. The molecule has 94 valence electrons. The Balaban J connectivity index is 2.89. The van der Waals surface area contributed by atoms with E-state index in [0.717, 1.165) is 6.42 Å². The molecule has 0 atom stereocenters. The van der Waals surface area contributed by atoms with E-state index in [2.05, 4.69) is 20.8 Å². The first-order valence-electron chi connectivity index (χ1n) is 5.71. The molecule has 0 radical (unpaired) electrons. The lowest BCUT2D eigenvalue weighted by Crippen LogP contribution is -2.11. The molecule has 1 aromatic carbocycles. The lowest BCUT2D eigenvalue weighted by molar-refractivity contribution is 0.0958. The number of carbonyl (C=O) groups excluding carboxylic acids is 1. The third kappa shape index (κ3) is 3.84. The maximum absolute atomic E-state index is 13.6. The van der Waals surface area contributed by atoms with Crippen LogP contribution in [0.2, 0.25) is 0 Å². The van der Waals surface area contributed by atoms with Crippen LogP contribution in [0.15, 0.2) is 18.2 Å². The Hall–Kier alpha value is -1.38. The molecule has 0 aliphatic heterocycles. The van der Waals surface area contributed by atoms with Crippen LogP contribution >= 0.6 is 0 Å². The first-order valence-corrected chi connectivity index (χ1v) is 5.71. The van der Waals surface area contributed by atoms with Crippen LogP contribution in [0.4, 0.5) is 4.39 Å². The fourth-order valence-electron chi connectivity index (χ4n) is 1.56. The molecule has 0 aliphatic rings. The van der Waals surface area contributed by atoms with Crippen molar-refractivity contribution in [1.29, 1.82) is 0 Å². The van der Waals surface area contributed by atoms with Crippen LogP contribution in [-0.2, 0) is 0 Å². The number of halogens is 1. The van der Waals surface area contributed by atoms with Gasteiger partial charge in [-0.15, -0.1) is 0 Å². The van der Waals surface area contributed by atoms with Gasteiger partial charge in [0.25, 0.3) is 0 Å². The summed E-state index contributed by atoms with van der Waals surface area (Å²) in [5.41, 5.74) is 0.132. The van der Waals surface area contributed by atoms with E-state index in [1.165, 1.54) is 19.2 Å². The number of rotatable bonds is 4. The molecule has 17 heavy (non-hydrogen) atoms. The van der Waals surface area contributed by atoms with Gasteiger partial charge in [0.2, 0.25) is 0 Å². The second kappa shape index (κ2) is 5.30. The van der Waals surface area contributed by atoms with Crippen molar-refractivity contribution in [2.75, 3.05) is 7.11 Å². The van der Waals surface area contributed by atoms with E-state index in [-0.39, 0.29) is 16.8 Å². The smallest absolute Gasteiger partial charge is 0.169 e. The van der Waals surface area contributed by atoms with Gasteiger partial charge in [-0.25, -0.2) is 4.39 Å². The molecule has 1 aromatic rings. The van der Waals surface area contributed by atoms with Crippen LogP contribution in [0.3, 0.4) is 0 Å². The lowest BCUT2D eigenvalue weighted by Gasteiger charge is -2.17. The van der Waals surface area contributed by atoms with E-state index in [1.807, 2.05) is 0 Å². The minimum absolute atomic E-state index is 0.0636. The predicted molar refractivity (Wildman–Crippen MR) is 66.0 cm³/mol. The Morgan fingerprint density at radius 3 is 2.53 bits per heavy atom. The van der Waals surface area contributed by atoms with Gasteiger partial charge in [-0.1, -0.05) is 26.8 Å². The van der Waals surface area contributed by atoms with Gasteiger partial charge in [0.05, 0.1) is 12.7 Å². The summed E-state index contributed by atoms with van der Waals surface area (Å²) in [6.07, 6.45) is 1.06. The third-order valence-electron chi connectivity index (χ3n) is 2.58. The van der Waals surface area contributed by atoms with Gasteiger partial charge in [-0.3, -0.25) is 4.79 Å². The third-order valence-corrected chi connectivity index (χ3v) is 2.58. The summed E-state index contributed by atoms with van der Waals surface area (Å²) in [6.45, 7) is 6.16. The highest BCUT2D eigenvalue weighted by molar-refractivity contribution is 5.98. The molecule has 0 unspecified atom stereocenters. The van der Waals surface area contributed by atoms with Gasteiger partial charge >= 0.3 is 0 Å². The zero-order chi connectivity index (χ0) is 13.1. The Bertz CT molecular complexity index is 405. The SMILES string of the molecule is COc1cccc(F)c1C(=O)CCC(C)(C)C. The molecule has 2 nitrogen and oxygen atoms in total. The molecule has 1 rings (SSSR count). The van der Waals surface area contributed by atoms with Crippen LogP contribution in [0, 0.1) is 11.2 Å². The van der Waals surface area contributed by atoms with Gasteiger partial charge in [-0.05, 0) is 24.0 Å². The molecular weight excluding hydrogens is 219 g/mol. The van der Waals surface area contributed by atoms with E-state index >= 15 is 0 Å². The summed E-state index contributed by atoms with van der Waals surface area (Å²) in [7, 11) is 1.44. The van der Waals surface area contributed by atoms with Crippen molar-refractivity contribution in [3.05, 3.63) is 29.6 Å². The maximum Gasteiger partial charge on any atom is 0.169 e. The van der Waals surface area contributed by atoms with Gasteiger partial charge in [0.15, 0.2) is 5.78 Å². The van der Waals surface area contributed by atoms with Crippen LogP contribution in [0.1, 0.15) is 44.0 Å². The van der Waals surface area contributed by atoms with Gasteiger partial charge < -0.3 is 4.74 Å². The molecule has 0 fully saturated rings. The Morgan fingerprint density at radius 2 is 2.00 bits per heavy atom. The van der Waals surface area contributed by atoms with Crippen LogP contribution in [0.5, 0.6) is 5.75 Å². The van der Waals surface area contributed by atoms with Crippen molar-refractivity contribution in [3.63, 3.8) is 0 Å². The molecule has 0 heterocycles. The standard InChI is InChI=1S/C14H19FO2/c1-14(2,3)9-8-11(16)13-10(15)6-5-7-12(13)17-4/h5-7H,8-9H2,1-4H3. The van der Waals surface area contributed by atoms with E-state index in [9.17, 15) is 9.18 Å². The summed E-state index contributed by atoms with van der Waals surface area (Å²) >= 11 is 0. The van der Waals surface area contributed by atoms with Crippen molar-refractivity contribution in [2.45, 2.75) is 33.6 Å². The number of hydrogen-bond acceptors (Lipinski definition) is 2. The topological polar surface area (TPSA) is 26.3 Å². The molecule has 0 aromatic heterocycles. The molecular formula is C14H19FO2. The second-order valence-corrected chi connectivity index (χ2v) is 5.30. The number of Topliss-reactive ketones (excluding diaryl/α,β-unsaturated/α-hetero) is 1. The highest BCUT2D eigenvalue weighted by Gasteiger charge is 2.19. The fraction of sp³-hybridized carbons (Fsp3) is 0.500. The fourth-order valence-corrected chi connectivity index (χ4v) is 1.56. The van der Waals surface area contributed by atoms with Crippen molar-refractivity contribution >= 4 is 5.78 Å². The van der Waals surface area contributed by atoms with Crippen LogP contribution in [0.25, 0.3) is 0 Å². The van der Waals surface area contributed by atoms with Crippen LogP contribution in [-0.4, -0.2) is 12.9 Å². The number of benzene rings is 1. The minimum atomic E-state index is -0.511. The highest BCUT2D eigenvalue weighted by Crippen LogP contribution is 2.26. The van der Waals surface area contributed by atoms with Gasteiger partial charge in [0.1, 0.15) is 11.6 Å². The number of hydrogen-bond donors (Lipinski definition) is 0. The van der Waals surface area contributed by atoms with Crippen molar-refractivity contribution < 1.29 is 13.9 Å². The molecule has 0 aliphatic carbocycles. The van der Waals surface area contributed by atoms with Crippen LogP contribution < -0.4 is 4.74 Å². The monoisotopic (exact) mass is 238 g/mol. The lowest BCUT2D eigenvalue weighted by atomic mass is 9.88. The van der Waals surface area contributed by atoms with Gasteiger partial charge in [-0.2, -0.15) is 0 Å². The maximum atomic E-state index is 13.6. The summed E-state index contributed by atoms with van der Waals surface area (Å²) < 4.78 is 18.6. The minimum Gasteiger partial charge on any atom is -0.496 e. The number of carbonyl (C=O) groups is 1. The zero-order valence-electron chi connectivity index (χ0n) is 10.8. The van der Waals surface area contributed by atoms with E-state index in [1.54, 1.807) is 6.07 Å². The average molecular weight is 238 g/mol. The summed E-state index contributed by atoms with van der Waals surface area (Å²) in [4.78, 5) is 12.0. The largest absolute Gasteiger partial charge is 0.496 e. The number of ketones is 1. The van der Waals surface area contributed by atoms with Crippen molar-refractivity contribution in [1.82, 2.24) is 0 Å². The highest BCUT2D eigenvalue weighted by atomic mass is 19.1. The van der Waals surface area contributed by atoms with E-state index < -0.39 is 5.82 Å². The quantitative estimate of drug-likeness (QED) is 0.745. The average Bonchev–Trinajstić information content (AvgIpc) is 2.24. The Labute approximate surface area is 102 Å². The molecule has 3 heteroatoms. The van der Waals surface area contributed by atoms with Gasteiger partial charge in [0, 0.05) is 6.42 Å².